The Morgan fingerprint density at radius 2 is 2.62 bits per heavy atom. The number of allylic oxidation sites excluding steroid dienone is 3. The van der Waals surface area contributed by atoms with Gasteiger partial charge in [0.05, 0.1) is 0 Å². The highest BCUT2D eigenvalue weighted by Gasteiger charge is 1.90. The molecule has 1 aliphatic heterocycles. The van der Waals surface area contributed by atoms with Gasteiger partial charge in [0.15, 0.2) is 0 Å². The third-order valence-corrected chi connectivity index (χ3v) is 1.26. The van der Waals surface area contributed by atoms with Crippen LogP contribution in [0.25, 0.3) is 0 Å². The van der Waals surface area contributed by atoms with E-state index in [0.29, 0.717) is 0 Å². The summed E-state index contributed by atoms with van der Waals surface area (Å²) >= 11 is 0. The molecule has 0 unspecified atom stereocenters. The van der Waals surface area contributed by atoms with Crippen molar-refractivity contribution in [3.8, 4) is 0 Å². The Morgan fingerprint density at radius 3 is 3.00 bits per heavy atom. The van der Waals surface area contributed by atoms with E-state index in [-0.39, 0.29) is 0 Å². The SMILES string of the molecule is CCC1=CC=CCN1. The van der Waals surface area contributed by atoms with E-state index >= 15 is 0 Å². The molecule has 1 N–H and O–H groups in total. The molecule has 0 spiro atoms. The van der Waals surface area contributed by atoms with Gasteiger partial charge in [0.25, 0.3) is 0 Å². The molecule has 0 aromatic carbocycles. The van der Waals surface area contributed by atoms with Gasteiger partial charge in [-0.1, -0.05) is 19.1 Å². The number of nitrogens with one attached hydrogen (secondary N) is 1. The lowest BCUT2D eigenvalue weighted by Gasteiger charge is -2.07. The maximum absolute atomic E-state index is 3.24. The quantitative estimate of drug-likeness (QED) is 0.537. The lowest BCUT2D eigenvalue weighted by molar-refractivity contribution is 0.832. The van der Waals surface area contributed by atoms with Crippen LogP contribution in [-0.2, 0) is 0 Å². The third-order valence-electron chi connectivity index (χ3n) is 1.26. The van der Waals surface area contributed by atoms with Crippen molar-refractivity contribution < 1.29 is 0 Å². The van der Waals surface area contributed by atoms with Gasteiger partial charge < -0.3 is 5.32 Å². The fraction of sp³-hybridized carbons (Fsp3) is 0.429. The van der Waals surface area contributed by atoms with E-state index in [2.05, 4.69) is 30.5 Å². The molecule has 0 saturated heterocycles. The summed E-state index contributed by atoms with van der Waals surface area (Å²) in [4.78, 5) is 0. The third kappa shape index (κ3) is 1.12. The highest BCUT2D eigenvalue weighted by molar-refractivity contribution is 5.15. The van der Waals surface area contributed by atoms with Gasteiger partial charge >= 0.3 is 0 Å². The summed E-state index contributed by atoms with van der Waals surface area (Å²) in [7, 11) is 0. The summed E-state index contributed by atoms with van der Waals surface area (Å²) in [5.74, 6) is 0. The lowest BCUT2D eigenvalue weighted by Crippen LogP contribution is -2.14. The first-order valence-corrected chi connectivity index (χ1v) is 3.03. The topological polar surface area (TPSA) is 12.0 Å². The van der Waals surface area contributed by atoms with E-state index < -0.39 is 0 Å². The zero-order chi connectivity index (χ0) is 5.82. The predicted octanol–water partition coefficient (Wildman–Crippen LogP) is 1.44. The molecule has 0 aromatic rings. The molecule has 1 heterocycles. The highest BCUT2D eigenvalue weighted by Crippen LogP contribution is 1.98. The molecule has 8 heavy (non-hydrogen) atoms. The van der Waals surface area contributed by atoms with E-state index in [1.807, 2.05) is 0 Å². The van der Waals surface area contributed by atoms with Crippen molar-refractivity contribution >= 4 is 0 Å². The average molecular weight is 109 g/mol. The van der Waals surface area contributed by atoms with Crippen LogP contribution in [0.5, 0.6) is 0 Å². The fourth-order valence-electron chi connectivity index (χ4n) is 0.744. The van der Waals surface area contributed by atoms with Crippen molar-refractivity contribution in [3.05, 3.63) is 23.9 Å². The van der Waals surface area contributed by atoms with Crippen molar-refractivity contribution in [1.82, 2.24) is 5.32 Å². The molecule has 0 bridgehead atoms. The molecule has 1 nitrogen and oxygen atoms in total. The predicted molar refractivity (Wildman–Crippen MR) is 35.5 cm³/mol. The first-order valence-electron chi connectivity index (χ1n) is 3.03. The van der Waals surface area contributed by atoms with E-state index in [1.54, 1.807) is 0 Å². The summed E-state index contributed by atoms with van der Waals surface area (Å²) in [6.07, 6.45) is 7.43. The van der Waals surface area contributed by atoms with Gasteiger partial charge in [-0.25, -0.2) is 0 Å². The van der Waals surface area contributed by atoms with Gasteiger partial charge in [0.2, 0.25) is 0 Å². The minimum absolute atomic E-state index is 1.000. The fourth-order valence-corrected chi connectivity index (χ4v) is 0.744. The van der Waals surface area contributed by atoms with Crippen LogP contribution in [0.1, 0.15) is 13.3 Å². The van der Waals surface area contributed by atoms with Crippen molar-refractivity contribution in [1.29, 1.82) is 0 Å². The molecule has 0 amide bonds. The highest BCUT2D eigenvalue weighted by atomic mass is 14.9. The maximum Gasteiger partial charge on any atom is 0.0330 e. The smallest absolute Gasteiger partial charge is 0.0330 e. The molecule has 0 aromatic heterocycles. The minimum atomic E-state index is 1.000. The van der Waals surface area contributed by atoms with E-state index in [0.717, 1.165) is 13.0 Å². The molecule has 0 atom stereocenters. The Hall–Kier alpha value is -0.720. The average Bonchev–Trinajstić information content (AvgIpc) is 1.90. The standard InChI is InChI=1S/C7H11N/c1-2-7-5-3-4-6-8-7/h3-5,8H,2,6H2,1H3. The second-order valence-corrected chi connectivity index (χ2v) is 1.85. The van der Waals surface area contributed by atoms with E-state index in [1.165, 1.54) is 5.70 Å². The van der Waals surface area contributed by atoms with Gasteiger partial charge in [-0.15, -0.1) is 0 Å². The van der Waals surface area contributed by atoms with E-state index in [4.69, 9.17) is 0 Å². The van der Waals surface area contributed by atoms with Crippen LogP contribution in [0, 0.1) is 0 Å². The maximum atomic E-state index is 3.24. The first kappa shape index (κ1) is 5.42. The molecular weight excluding hydrogens is 98.1 g/mol. The van der Waals surface area contributed by atoms with Gasteiger partial charge in [0.1, 0.15) is 0 Å². The van der Waals surface area contributed by atoms with Crippen molar-refractivity contribution in [2.45, 2.75) is 13.3 Å². The van der Waals surface area contributed by atoms with Crippen LogP contribution in [0.4, 0.5) is 0 Å². The molecule has 1 heteroatoms. The van der Waals surface area contributed by atoms with Crippen molar-refractivity contribution in [2.24, 2.45) is 0 Å². The molecule has 0 saturated carbocycles. The molecule has 44 valence electrons. The second kappa shape index (κ2) is 2.55. The lowest BCUT2D eigenvalue weighted by atomic mass is 10.2. The number of hydrogen-bond acceptors (Lipinski definition) is 1. The Labute approximate surface area is 50.1 Å². The summed E-state index contributed by atoms with van der Waals surface area (Å²) < 4.78 is 0. The van der Waals surface area contributed by atoms with Crippen LogP contribution in [0.2, 0.25) is 0 Å². The Bertz CT molecular complexity index is 122. The zero-order valence-electron chi connectivity index (χ0n) is 5.15. The normalized spacial score (nSPS) is 17.4. The summed E-state index contributed by atoms with van der Waals surface area (Å²) in [5, 5.41) is 3.24. The van der Waals surface area contributed by atoms with Crippen LogP contribution in [-0.4, -0.2) is 6.54 Å². The molecular formula is C7H11N. The number of hydrogen-bond donors (Lipinski definition) is 1. The molecule has 1 aliphatic rings. The number of dihydropyridines is 1. The van der Waals surface area contributed by atoms with Gasteiger partial charge in [-0.2, -0.15) is 0 Å². The van der Waals surface area contributed by atoms with Crippen molar-refractivity contribution in [3.63, 3.8) is 0 Å². The summed E-state index contributed by atoms with van der Waals surface area (Å²) in [6.45, 7) is 3.15. The van der Waals surface area contributed by atoms with Gasteiger partial charge in [-0.05, 0) is 12.5 Å². The summed E-state index contributed by atoms with van der Waals surface area (Å²) in [6, 6.07) is 0. The van der Waals surface area contributed by atoms with Crippen LogP contribution >= 0.6 is 0 Å². The Kier molecular flexibility index (Phi) is 1.73. The second-order valence-electron chi connectivity index (χ2n) is 1.85. The van der Waals surface area contributed by atoms with E-state index in [9.17, 15) is 0 Å². The molecule has 0 fully saturated rings. The summed E-state index contributed by atoms with van der Waals surface area (Å²) in [5.41, 5.74) is 1.34. The number of rotatable bonds is 1. The van der Waals surface area contributed by atoms with Gasteiger partial charge in [0, 0.05) is 12.2 Å². The van der Waals surface area contributed by atoms with Crippen LogP contribution < -0.4 is 5.32 Å². The monoisotopic (exact) mass is 109 g/mol. The van der Waals surface area contributed by atoms with Crippen LogP contribution in [0.15, 0.2) is 23.9 Å². The van der Waals surface area contributed by atoms with Crippen LogP contribution in [0.3, 0.4) is 0 Å². The minimum Gasteiger partial charge on any atom is -0.385 e. The Morgan fingerprint density at radius 1 is 1.75 bits per heavy atom. The van der Waals surface area contributed by atoms with Gasteiger partial charge in [-0.3, -0.25) is 0 Å². The Balaban J connectivity index is 2.50. The molecule has 1 rings (SSSR count). The molecule has 0 aliphatic carbocycles. The largest absolute Gasteiger partial charge is 0.385 e. The molecule has 0 radical (unpaired) electrons. The van der Waals surface area contributed by atoms with Crippen molar-refractivity contribution in [2.75, 3.05) is 6.54 Å². The zero-order valence-corrected chi connectivity index (χ0v) is 5.15. The first-order chi connectivity index (χ1) is 3.93.